The van der Waals surface area contributed by atoms with Crippen molar-refractivity contribution in [3.8, 4) is 0 Å². The van der Waals surface area contributed by atoms with Crippen molar-refractivity contribution in [1.29, 1.82) is 0 Å². The van der Waals surface area contributed by atoms with E-state index in [2.05, 4.69) is 25.9 Å². The molecule has 0 saturated heterocycles. The molecule has 1 saturated carbocycles. The number of hydrogen-bond donors (Lipinski definition) is 3. The molecule has 3 rings (SSSR count). The van der Waals surface area contributed by atoms with Gasteiger partial charge in [0.2, 0.25) is 11.9 Å². The number of carboxylic acids is 1. The third-order valence-corrected chi connectivity index (χ3v) is 4.93. The fourth-order valence-corrected chi connectivity index (χ4v) is 3.90. The molecule has 1 aliphatic carbocycles. The molecule has 122 valence electrons. The fraction of sp³-hybridized carbons (Fsp3) is 0.400. The van der Waals surface area contributed by atoms with Crippen LogP contribution in [0.25, 0.3) is 0 Å². The SMILES string of the molecule is NC1=NC2(CCCCC2)N(c2c(Br)cccc2C(=O)O)C(N)=N1. The summed E-state index contributed by atoms with van der Waals surface area (Å²) >= 11 is 3.45. The number of nitrogens with zero attached hydrogens (tertiary/aromatic N) is 3. The average molecular weight is 380 g/mol. The van der Waals surface area contributed by atoms with Crippen LogP contribution in [0.3, 0.4) is 0 Å². The van der Waals surface area contributed by atoms with Gasteiger partial charge in [-0.3, -0.25) is 4.90 Å². The lowest BCUT2D eigenvalue weighted by Gasteiger charge is -2.46. The fourth-order valence-electron chi connectivity index (χ4n) is 3.36. The summed E-state index contributed by atoms with van der Waals surface area (Å²) in [4.78, 5) is 22.0. The van der Waals surface area contributed by atoms with Gasteiger partial charge in [0.05, 0.1) is 11.3 Å². The molecule has 8 heteroatoms. The number of para-hydroxylation sites is 1. The summed E-state index contributed by atoms with van der Waals surface area (Å²) in [5.74, 6) is -0.707. The van der Waals surface area contributed by atoms with Gasteiger partial charge >= 0.3 is 5.97 Å². The Labute approximate surface area is 142 Å². The summed E-state index contributed by atoms with van der Waals surface area (Å²) < 4.78 is 0.635. The molecule has 23 heavy (non-hydrogen) atoms. The van der Waals surface area contributed by atoms with Crippen LogP contribution in [0.1, 0.15) is 42.5 Å². The van der Waals surface area contributed by atoms with Crippen LogP contribution < -0.4 is 16.4 Å². The Hall–Kier alpha value is -2.09. The number of aromatic carboxylic acids is 1. The van der Waals surface area contributed by atoms with Crippen molar-refractivity contribution >= 4 is 39.5 Å². The van der Waals surface area contributed by atoms with Crippen LogP contribution >= 0.6 is 15.9 Å². The van der Waals surface area contributed by atoms with Crippen molar-refractivity contribution < 1.29 is 9.90 Å². The number of aliphatic imine (C=N–C) groups is 2. The van der Waals surface area contributed by atoms with Gasteiger partial charge in [-0.25, -0.2) is 9.79 Å². The topological polar surface area (TPSA) is 117 Å². The summed E-state index contributed by atoms with van der Waals surface area (Å²) in [5, 5.41) is 9.56. The van der Waals surface area contributed by atoms with E-state index in [4.69, 9.17) is 11.5 Å². The van der Waals surface area contributed by atoms with Gasteiger partial charge in [-0.1, -0.05) is 12.5 Å². The third kappa shape index (κ3) is 2.67. The highest BCUT2D eigenvalue weighted by Crippen LogP contribution is 2.43. The van der Waals surface area contributed by atoms with Crippen LogP contribution in [0.15, 0.2) is 32.7 Å². The molecule has 1 aliphatic heterocycles. The second kappa shape index (κ2) is 5.84. The van der Waals surface area contributed by atoms with Gasteiger partial charge in [0.15, 0.2) is 0 Å². The van der Waals surface area contributed by atoms with Crippen molar-refractivity contribution in [3.05, 3.63) is 28.2 Å². The molecular weight excluding hydrogens is 362 g/mol. The lowest BCUT2D eigenvalue weighted by Crippen LogP contribution is -2.58. The molecule has 1 spiro atoms. The summed E-state index contributed by atoms with van der Waals surface area (Å²) in [7, 11) is 0. The summed E-state index contributed by atoms with van der Waals surface area (Å²) in [6.07, 6.45) is 4.58. The first-order chi connectivity index (χ1) is 10.9. The van der Waals surface area contributed by atoms with E-state index >= 15 is 0 Å². The van der Waals surface area contributed by atoms with Crippen LogP contribution in [0, 0.1) is 0 Å². The number of nitrogens with two attached hydrogens (primary N) is 2. The maximum Gasteiger partial charge on any atom is 0.337 e. The Morgan fingerprint density at radius 1 is 1.26 bits per heavy atom. The van der Waals surface area contributed by atoms with E-state index in [0.717, 1.165) is 32.1 Å². The minimum absolute atomic E-state index is 0.143. The van der Waals surface area contributed by atoms with Crippen molar-refractivity contribution in [2.45, 2.75) is 37.8 Å². The number of halogens is 1. The number of guanidine groups is 2. The van der Waals surface area contributed by atoms with Gasteiger partial charge in [0, 0.05) is 4.47 Å². The van der Waals surface area contributed by atoms with E-state index in [1.165, 1.54) is 0 Å². The van der Waals surface area contributed by atoms with Crippen molar-refractivity contribution in [2.24, 2.45) is 21.5 Å². The zero-order valence-electron chi connectivity index (χ0n) is 12.5. The van der Waals surface area contributed by atoms with Crippen LogP contribution in [-0.4, -0.2) is 28.7 Å². The monoisotopic (exact) mass is 379 g/mol. The summed E-state index contributed by atoms with van der Waals surface area (Å²) in [5.41, 5.74) is 11.9. The molecule has 7 nitrogen and oxygen atoms in total. The molecule has 1 fully saturated rings. The standard InChI is InChI=1S/C15H18BrN5O2/c16-10-6-4-5-9(12(22)23)11(10)21-14(18)19-13(17)20-15(21)7-2-1-3-8-15/h4-6H,1-3,7-8H2,(H,22,23)(H4,17,18,19,20). The molecule has 1 aromatic rings. The number of hydrogen-bond acceptors (Lipinski definition) is 6. The predicted molar refractivity (Wildman–Crippen MR) is 92.6 cm³/mol. The first-order valence-electron chi connectivity index (χ1n) is 7.46. The second-order valence-corrected chi connectivity index (χ2v) is 6.61. The van der Waals surface area contributed by atoms with Crippen LogP contribution in [0.4, 0.5) is 5.69 Å². The average Bonchev–Trinajstić information content (AvgIpc) is 2.48. The Balaban J connectivity index is 2.21. The van der Waals surface area contributed by atoms with Crippen molar-refractivity contribution in [1.82, 2.24) is 0 Å². The summed E-state index contributed by atoms with van der Waals surface area (Å²) in [6.45, 7) is 0. The molecule has 0 bridgehead atoms. The van der Waals surface area contributed by atoms with E-state index in [0.29, 0.717) is 10.2 Å². The molecule has 0 aromatic heterocycles. The quantitative estimate of drug-likeness (QED) is 0.728. The zero-order valence-corrected chi connectivity index (χ0v) is 14.1. The first-order valence-corrected chi connectivity index (χ1v) is 8.25. The van der Waals surface area contributed by atoms with E-state index in [1.54, 1.807) is 23.1 Å². The molecule has 1 heterocycles. The maximum atomic E-state index is 11.7. The Kier molecular flexibility index (Phi) is 4.01. The van der Waals surface area contributed by atoms with Gasteiger partial charge in [0.25, 0.3) is 0 Å². The predicted octanol–water partition coefficient (Wildman–Crippen LogP) is 2.26. The largest absolute Gasteiger partial charge is 0.478 e. The van der Waals surface area contributed by atoms with E-state index < -0.39 is 11.6 Å². The van der Waals surface area contributed by atoms with E-state index in [9.17, 15) is 9.90 Å². The third-order valence-electron chi connectivity index (χ3n) is 4.29. The second-order valence-electron chi connectivity index (χ2n) is 5.76. The minimum Gasteiger partial charge on any atom is -0.478 e. The van der Waals surface area contributed by atoms with Gasteiger partial charge < -0.3 is 16.6 Å². The Bertz CT molecular complexity index is 710. The lowest BCUT2D eigenvalue weighted by molar-refractivity contribution is 0.0697. The Morgan fingerprint density at radius 2 is 1.96 bits per heavy atom. The van der Waals surface area contributed by atoms with Gasteiger partial charge in [0.1, 0.15) is 5.66 Å². The van der Waals surface area contributed by atoms with E-state index in [-0.39, 0.29) is 17.5 Å². The molecule has 2 aliphatic rings. The van der Waals surface area contributed by atoms with Gasteiger partial charge in [-0.05, 0) is 53.7 Å². The highest BCUT2D eigenvalue weighted by Gasteiger charge is 2.44. The smallest absolute Gasteiger partial charge is 0.337 e. The molecule has 0 amide bonds. The van der Waals surface area contributed by atoms with Gasteiger partial charge in [-0.2, -0.15) is 4.99 Å². The van der Waals surface area contributed by atoms with Crippen molar-refractivity contribution in [3.63, 3.8) is 0 Å². The maximum absolute atomic E-state index is 11.7. The number of carbonyl (C=O) groups is 1. The Morgan fingerprint density at radius 3 is 2.61 bits per heavy atom. The summed E-state index contributed by atoms with van der Waals surface area (Å²) in [6, 6.07) is 5.01. The highest BCUT2D eigenvalue weighted by molar-refractivity contribution is 9.10. The number of carboxylic acid groups (broad SMARTS) is 1. The first kappa shape index (κ1) is 15.8. The zero-order chi connectivity index (χ0) is 16.6. The normalized spacial score (nSPS) is 20.1. The number of benzene rings is 1. The number of anilines is 1. The molecule has 5 N–H and O–H groups in total. The van der Waals surface area contributed by atoms with Crippen LogP contribution in [0.5, 0.6) is 0 Å². The minimum atomic E-state index is -1.03. The van der Waals surface area contributed by atoms with Gasteiger partial charge in [-0.15, -0.1) is 0 Å². The molecule has 0 atom stereocenters. The lowest BCUT2D eigenvalue weighted by atomic mass is 9.87. The van der Waals surface area contributed by atoms with Crippen molar-refractivity contribution in [2.75, 3.05) is 4.90 Å². The molecular formula is C15H18BrN5O2. The van der Waals surface area contributed by atoms with Crippen LogP contribution in [-0.2, 0) is 0 Å². The van der Waals surface area contributed by atoms with Crippen LogP contribution in [0.2, 0.25) is 0 Å². The molecule has 1 aromatic carbocycles. The number of rotatable bonds is 2. The van der Waals surface area contributed by atoms with E-state index in [1.807, 2.05) is 0 Å². The highest BCUT2D eigenvalue weighted by atomic mass is 79.9. The molecule has 0 radical (unpaired) electrons. The molecule has 0 unspecified atom stereocenters.